The monoisotopic (exact) mass is 499 g/mol. The summed E-state index contributed by atoms with van der Waals surface area (Å²) < 4.78 is 20.8. The Morgan fingerprint density at radius 1 is 1.08 bits per heavy atom. The molecule has 1 aliphatic rings. The Bertz CT molecular complexity index is 1360. The van der Waals surface area contributed by atoms with E-state index in [0.29, 0.717) is 24.8 Å². The van der Waals surface area contributed by atoms with E-state index in [1.54, 1.807) is 19.2 Å². The van der Waals surface area contributed by atoms with Crippen LogP contribution in [0.2, 0.25) is 0 Å². The molecule has 3 heterocycles. The number of aryl methyl sites for hydroxylation is 1. The number of likely N-dealkylation sites (tertiary alicyclic amines) is 1. The Morgan fingerprint density at radius 2 is 1.81 bits per heavy atom. The summed E-state index contributed by atoms with van der Waals surface area (Å²) in [7, 11) is 1.62. The molecule has 8 heteroatoms. The zero-order valence-electron chi connectivity index (χ0n) is 21.1. The van der Waals surface area contributed by atoms with Crippen molar-refractivity contribution in [2.45, 2.75) is 32.6 Å². The molecule has 0 saturated carbocycles. The van der Waals surface area contributed by atoms with Gasteiger partial charge in [0.2, 0.25) is 5.91 Å². The maximum Gasteiger partial charge on any atom is 0.230 e. The van der Waals surface area contributed by atoms with E-state index in [4.69, 9.17) is 9.72 Å². The second kappa shape index (κ2) is 10.9. The molecule has 4 aromatic rings. The van der Waals surface area contributed by atoms with Crippen LogP contribution in [0.3, 0.4) is 0 Å². The number of hydrogen-bond donors (Lipinski definition) is 0. The van der Waals surface area contributed by atoms with E-state index in [1.165, 1.54) is 12.1 Å². The third kappa shape index (κ3) is 5.85. The highest BCUT2D eigenvalue weighted by molar-refractivity contribution is 5.78. The molecule has 1 amide bonds. The first-order valence-corrected chi connectivity index (χ1v) is 12.5. The second-order valence-electron chi connectivity index (χ2n) is 9.50. The first kappa shape index (κ1) is 24.6. The van der Waals surface area contributed by atoms with Gasteiger partial charge in [-0.1, -0.05) is 12.1 Å². The summed E-state index contributed by atoms with van der Waals surface area (Å²) in [5, 5.41) is 0. The van der Waals surface area contributed by atoms with E-state index >= 15 is 0 Å². The highest BCUT2D eigenvalue weighted by atomic mass is 19.1. The number of aromatic nitrogens is 4. The number of methoxy groups -OCH3 is 1. The molecular formula is C29H30FN5O2. The van der Waals surface area contributed by atoms with Crippen LogP contribution in [-0.4, -0.2) is 50.5 Å². The predicted octanol–water partition coefficient (Wildman–Crippen LogP) is 4.81. The van der Waals surface area contributed by atoms with Crippen molar-refractivity contribution < 1.29 is 13.9 Å². The van der Waals surface area contributed by atoms with Crippen LogP contribution in [0.5, 0.6) is 5.75 Å². The molecule has 5 rings (SSSR count). The highest BCUT2D eigenvalue weighted by Gasteiger charge is 2.25. The van der Waals surface area contributed by atoms with E-state index < -0.39 is 0 Å². The van der Waals surface area contributed by atoms with E-state index in [9.17, 15) is 9.18 Å². The minimum atomic E-state index is -0.312. The molecule has 7 nitrogen and oxygen atoms in total. The van der Waals surface area contributed by atoms with Gasteiger partial charge < -0.3 is 14.2 Å². The van der Waals surface area contributed by atoms with Crippen molar-refractivity contribution in [3.05, 3.63) is 90.2 Å². The molecule has 2 aromatic carbocycles. The van der Waals surface area contributed by atoms with Crippen LogP contribution >= 0.6 is 0 Å². The molecule has 0 radical (unpaired) electrons. The van der Waals surface area contributed by atoms with Crippen molar-refractivity contribution in [3.8, 4) is 22.7 Å². The maximum absolute atomic E-state index is 13.6. The molecule has 0 N–H and O–H groups in total. The number of carbonyl (C=O) groups excluding carboxylic acids is 1. The zero-order valence-corrected chi connectivity index (χ0v) is 21.1. The molecule has 1 saturated heterocycles. The number of amides is 1. The van der Waals surface area contributed by atoms with Gasteiger partial charge in [0.25, 0.3) is 0 Å². The second-order valence-corrected chi connectivity index (χ2v) is 9.50. The molecule has 0 unspecified atom stereocenters. The Labute approximate surface area is 216 Å². The topological polar surface area (TPSA) is 73.1 Å². The third-order valence-corrected chi connectivity index (χ3v) is 6.83. The number of imidazole rings is 1. The summed E-state index contributed by atoms with van der Waals surface area (Å²) in [6.07, 6.45) is 8.43. The van der Waals surface area contributed by atoms with Crippen LogP contribution < -0.4 is 4.74 Å². The van der Waals surface area contributed by atoms with Crippen molar-refractivity contribution in [2.75, 3.05) is 20.2 Å². The number of benzene rings is 2. The van der Waals surface area contributed by atoms with Crippen molar-refractivity contribution in [1.82, 2.24) is 24.4 Å². The molecule has 37 heavy (non-hydrogen) atoms. The van der Waals surface area contributed by atoms with Gasteiger partial charge in [-0.05, 0) is 67.6 Å². The van der Waals surface area contributed by atoms with E-state index in [-0.39, 0.29) is 18.1 Å². The minimum absolute atomic E-state index is 0.0381. The first-order chi connectivity index (χ1) is 18.0. The van der Waals surface area contributed by atoms with Gasteiger partial charge in [-0.15, -0.1) is 0 Å². The Balaban J connectivity index is 1.31. The van der Waals surface area contributed by atoms with Gasteiger partial charge in [-0.2, -0.15) is 0 Å². The average molecular weight is 500 g/mol. The predicted molar refractivity (Wildman–Crippen MR) is 139 cm³/mol. The summed E-state index contributed by atoms with van der Waals surface area (Å²) in [6.45, 7) is 3.39. The van der Waals surface area contributed by atoms with Crippen LogP contribution in [-0.2, 0) is 17.6 Å². The summed E-state index contributed by atoms with van der Waals surface area (Å²) in [4.78, 5) is 28.9. The van der Waals surface area contributed by atoms with Gasteiger partial charge in [0.15, 0.2) is 0 Å². The summed E-state index contributed by atoms with van der Waals surface area (Å²) in [5.41, 5.74) is 3.41. The van der Waals surface area contributed by atoms with Gasteiger partial charge in [0.05, 0.1) is 19.2 Å². The van der Waals surface area contributed by atoms with Crippen molar-refractivity contribution in [1.29, 1.82) is 0 Å². The van der Waals surface area contributed by atoms with Gasteiger partial charge in [-0.25, -0.2) is 19.3 Å². The largest absolute Gasteiger partial charge is 0.497 e. The molecule has 0 atom stereocenters. The lowest BCUT2D eigenvalue weighted by atomic mass is 9.93. The van der Waals surface area contributed by atoms with Crippen LogP contribution in [0.1, 0.15) is 30.1 Å². The number of nitrogens with zero attached hydrogens (tertiary/aromatic N) is 5. The number of ether oxygens (including phenoxy) is 1. The molecule has 0 bridgehead atoms. The van der Waals surface area contributed by atoms with Crippen molar-refractivity contribution in [2.24, 2.45) is 5.92 Å². The standard InChI is InChI=1S/C29H30FN5O2/c1-20-17-31-27(32-18-20)14-21-10-12-34(13-11-21)29(36)16-28-33-26(22-4-3-5-25(15-22)37-2)19-35(28)24-8-6-23(30)7-9-24/h3-9,15,17-19,21H,10-14,16H2,1-2H3. The van der Waals surface area contributed by atoms with E-state index in [2.05, 4.69) is 9.97 Å². The molecule has 0 aliphatic carbocycles. The molecule has 1 aliphatic heterocycles. The SMILES string of the molecule is COc1cccc(-c2cn(-c3ccc(F)cc3)c(CC(=O)N3CCC(Cc4ncc(C)cn4)CC3)n2)c1. The fourth-order valence-electron chi connectivity index (χ4n) is 4.71. The molecule has 190 valence electrons. The van der Waals surface area contributed by atoms with Gasteiger partial charge >= 0.3 is 0 Å². The van der Waals surface area contributed by atoms with Crippen molar-refractivity contribution >= 4 is 5.91 Å². The summed E-state index contributed by atoms with van der Waals surface area (Å²) in [6, 6.07) is 13.8. The van der Waals surface area contributed by atoms with Crippen molar-refractivity contribution in [3.63, 3.8) is 0 Å². The number of carbonyl (C=O) groups is 1. The van der Waals surface area contributed by atoms with Gasteiger partial charge in [0, 0.05) is 49.4 Å². The number of piperidine rings is 1. The minimum Gasteiger partial charge on any atom is -0.497 e. The molecule has 2 aromatic heterocycles. The fourth-order valence-corrected chi connectivity index (χ4v) is 4.71. The van der Waals surface area contributed by atoms with Crippen LogP contribution in [0.25, 0.3) is 16.9 Å². The molecule has 1 fully saturated rings. The van der Waals surface area contributed by atoms with Crippen LogP contribution in [0, 0.1) is 18.7 Å². The number of halogens is 1. The molecular weight excluding hydrogens is 469 g/mol. The Morgan fingerprint density at radius 3 is 2.51 bits per heavy atom. The van der Waals surface area contributed by atoms with Crippen LogP contribution in [0.4, 0.5) is 4.39 Å². The summed E-state index contributed by atoms with van der Waals surface area (Å²) >= 11 is 0. The first-order valence-electron chi connectivity index (χ1n) is 12.5. The zero-order chi connectivity index (χ0) is 25.8. The maximum atomic E-state index is 13.6. The summed E-state index contributed by atoms with van der Waals surface area (Å²) in [5.74, 6) is 2.40. The Hall–Kier alpha value is -4.07. The highest BCUT2D eigenvalue weighted by Crippen LogP contribution is 2.26. The number of rotatable bonds is 7. The third-order valence-electron chi connectivity index (χ3n) is 6.83. The van der Waals surface area contributed by atoms with Gasteiger partial charge in [-0.3, -0.25) is 4.79 Å². The lowest BCUT2D eigenvalue weighted by Crippen LogP contribution is -2.40. The Kier molecular flexibility index (Phi) is 7.25. The smallest absolute Gasteiger partial charge is 0.230 e. The van der Waals surface area contributed by atoms with Crippen LogP contribution in [0.15, 0.2) is 67.1 Å². The lowest BCUT2D eigenvalue weighted by molar-refractivity contribution is -0.132. The normalized spacial score (nSPS) is 14.1. The quantitative estimate of drug-likeness (QED) is 0.365. The molecule has 0 spiro atoms. The fraction of sp³-hybridized carbons (Fsp3) is 0.310. The van der Waals surface area contributed by atoms with Gasteiger partial charge in [0.1, 0.15) is 23.2 Å². The lowest BCUT2D eigenvalue weighted by Gasteiger charge is -2.31. The van der Waals surface area contributed by atoms with E-state index in [0.717, 1.165) is 53.3 Å². The number of hydrogen-bond acceptors (Lipinski definition) is 5. The van der Waals surface area contributed by atoms with E-state index in [1.807, 2.05) is 59.2 Å². The average Bonchev–Trinajstić information content (AvgIpc) is 3.34.